The van der Waals surface area contributed by atoms with Crippen LogP contribution in [0.1, 0.15) is 11.7 Å². The molecule has 0 radical (unpaired) electrons. The van der Waals surface area contributed by atoms with Crippen molar-refractivity contribution in [2.45, 2.75) is 6.10 Å². The summed E-state index contributed by atoms with van der Waals surface area (Å²) in [6.45, 7) is 0. The Morgan fingerprint density at radius 2 is 1.95 bits per heavy atom. The van der Waals surface area contributed by atoms with Crippen LogP contribution in [0.25, 0.3) is 0 Å². The molecule has 1 aliphatic heterocycles. The maximum absolute atomic E-state index is 12.1. The second-order valence-electron chi connectivity index (χ2n) is 4.26. The first kappa shape index (κ1) is 11.6. The molecule has 3 rings (SSSR count). The Morgan fingerprint density at radius 3 is 2.68 bits per heavy atom. The van der Waals surface area contributed by atoms with Gasteiger partial charge in [0, 0.05) is 11.6 Å². The van der Waals surface area contributed by atoms with Crippen LogP contribution in [0.2, 0.25) is 0 Å². The third kappa shape index (κ3) is 2.12. The lowest BCUT2D eigenvalue weighted by molar-refractivity contribution is -0.123. The fraction of sp³-hybridized carbons (Fsp3) is 0.133. The molecular formula is C15H13NO3. The molecular weight excluding hydrogens is 242 g/mol. The first-order valence-corrected chi connectivity index (χ1v) is 5.98. The highest BCUT2D eigenvalue weighted by atomic mass is 16.5. The average Bonchev–Trinajstić information content (AvgIpc) is 2.47. The second kappa shape index (κ2) is 4.65. The number of carbonyl (C=O) groups is 1. The first-order chi connectivity index (χ1) is 9.28. The maximum Gasteiger partial charge on any atom is 0.270 e. The molecule has 1 amide bonds. The van der Waals surface area contributed by atoms with E-state index in [1.54, 1.807) is 25.3 Å². The molecule has 0 saturated heterocycles. The van der Waals surface area contributed by atoms with Crippen molar-refractivity contribution in [2.24, 2.45) is 0 Å². The van der Waals surface area contributed by atoms with E-state index in [0.717, 1.165) is 5.56 Å². The van der Waals surface area contributed by atoms with Crippen molar-refractivity contribution >= 4 is 11.6 Å². The summed E-state index contributed by atoms with van der Waals surface area (Å²) in [6, 6.07) is 14.8. The van der Waals surface area contributed by atoms with Gasteiger partial charge in [0.25, 0.3) is 5.91 Å². The molecule has 2 aromatic carbocycles. The van der Waals surface area contributed by atoms with E-state index in [4.69, 9.17) is 9.47 Å². The minimum atomic E-state index is -0.609. The van der Waals surface area contributed by atoms with Gasteiger partial charge in [0.1, 0.15) is 11.5 Å². The van der Waals surface area contributed by atoms with Gasteiger partial charge < -0.3 is 14.8 Å². The number of fused-ring (bicyclic) bond motifs is 1. The predicted molar refractivity (Wildman–Crippen MR) is 71.4 cm³/mol. The predicted octanol–water partition coefficient (Wildman–Crippen LogP) is 2.77. The van der Waals surface area contributed by atoms with E-state index in [-0.39, 0.29) is 5.91 Å². The average molecular weight is 255 g/mol. The standard InChI is InChI=1S/C15H13NO3/c1-18-11-7-8-13-12(9-11)16-15(17)14(19-13)10-5-3-2-4-6-10/h2-9,14H,1H3,(H,16,17). The molecule has 4 nitrogen and oxygen atoms in total. The number of hydrogen-bond acceptors (Lipinski definition) is 3. The van der Waals surface area contributed by atoms with E-state index in [9.17, 15) is 4.79 Å². The molecule has 4 heteroatoms. The highest BCUT2D eigenvalue weighted by Gasteiger charge is 2.29. The van der Waals surface area contributed by atoms with Crippen molar-refractivity contribution in [3.63, 3.8) is 0 Å². The van der Waals surface area contributed by atoms with Crippen LogP contribution in [0.3, 0.4) is 0 Å². The topological polar surface area (TPSA) is 47.6 Å². The maximum atomic E-state index is 12.1. The lowest BCUT2D eigenvalue weighted by atomic mass is 10.1. The van der Waals surface area contributed by atoms with Gasteiger partial charge in [-0.1, -0.05) is 30.3 Å². The van der Waals surface area contributed by atoms with Gasteiger partial charge in [-0.25, -0.2) is 0 Å². The Labute approximate surface area is 111 Å². The summed E-state index contributed by atoms with van der Waals surface area (Å²) in [6.07, 6.45) is -0.609. The molecule has 2 aromatic rings. The number of methoxy groups -OCH3 is 1. The molecule has 1 heterocycles. The Morgan fingerprint density at radius 1 is 1.16 bits per heavy atom. The molecule has 1 unspecified atom stereocenters. The minimum absolute atomic E-state index is 0.174. The molecule has 1 atom stereocenters. The first-order valence-electron chi connectivity index (χ1n) is 5.98. The molecule has 1 N–H and O–H groups in total. The molecule has 0 fully saturated rings. The zero-order valence-electron chi connectivity index (χ0n) is 10.4. The summed E-state index contributed by atoms with van der Waals surface area (Å²) in [7, 11) is 1.58. The van der Waals surface area contributed by atoms with Crippen LogP contribution in [-0.4, -0.2) is 13.0 Å². The lowest BCUT2D eigenvalue weighted by Gasteiger charge is -2.26. The van der Waals surface area contributed by atoms with E-state index in [0.29, 0.717) is 17.2 Å². The number of ether oxygens (including phenoxy) is 2. The van der Waals surface area contributed by atoms with E-state index < -0.39 is 6.10 Å². The van der Waals surface area contributed by atoms with Gasteiger partial charge in [0.2, 0.25) is 6.10 Å². The van der Waals surface area contributed by atoms with Crippen LogP contribution in [0.4, 0.5) is 5.69 Å². The second-order valence-corrected chi connectivity index (χ2v) is 4.26. The minimum Gasteiger partial charge on any atom is -0.497 e. The molecule has 0 spiro atoms. The number of benzene rings is 2. The van der Waals surface area contributed by atoms with E-state index in [2.05, 4.69) is 5.32 Å². The number of anilines is 1. The Bertz CT molecular complexity index is 610. The zero-order valence-corrected chi connectivity index (χ0v) is 10.4. The van der Waals surface area contributed by atoms with Gasteiger partial charge in [-0.05, 0) is 12.1 Å². The summed E-state index contributed by atoms with van der Waals surface area (Å²) >= 11 is 0. The van der Waals surface area contributed by atoms with E-state index in [1.165, 1.54) is 0 Å². The Kier molecular flexibility index (Phi) is 2.83. The van der Waals surface area contributed by atoms with Crippen molar-refractivity contribution in [1.29, 1.82) is 0 Å². The van der Waals surface area contributed by atoms with Crippen molar-refractivity contribution in [1.82, 2.24) is 0 Å². The van der Waals surface area contributed by atoms with E-state index in [1.807, 2.05) is 30.3 Å². The van der Waals surface area contributed by atoms with Gasteiger partial charge in [-0.15, -0.1) is 0 Å². The molecule has 0 aliphatic carbocycles. The smallest absolute Gasteiger partial charge is 0.270 e. The Hall–Kier alpha value is -2.49. The molecule has 1 aliphatic rings. The third-order valence-corrected chi connectivity index (χ3v) is 3.03. The Balaban J connectivity index is 1.94. The highest BCUT2D eigenvalue weighted by molar-refractivity contribution is 5.98. The largest absolute Gasteiger partial charge is 0.497 e. The van der Waals surface area contributed by atoms with Gasteiger partial charge in [0.15, 0.2) is 0 Å². The third-order valence-electron chi connectivity index (χ3n) is 3.03. The molecule has 96 valence electrons. The number of amides is 1. The van der Waals surface area contributed by atoms with Crippen LogP contribution < -0.4 is 14.8 Å². The summed E-state index contributed by atoms with van der Waals surface area (Å²) < 4.78 is 10.9. The summed E-state index contributed by atoms with van der Waals surface area (Å²) in [5, 5.41) is 2.84. The SMILES string of the molecule is COc1ccc2c(c1)NC(=O)C(c1ccccc1)O2. The van der Waals surface area contributed by atoms with Crippen LogP contribution in [0.5, 0.6) is 11.5 Å². The van der Waals surface area contributed by atoms with Crippen LogP contribution in [0, 0.1) is 0 Å². The number of hydrogen-bond donors (Lipinski definition) is 1. The summed E-state index contributed by atoms with van der Waals surface area (Å²) in [4.78, 5) is 12.1. The van der Waals surface area contributed by atoms with Gasteiger partial charge in [-0.2, -0.15) is 0 Å². The van der Waals surface area contributed by atoms with Crippen molar-refractivity contribution < 1.29 is 14.3 Å². The van der Waals surface area contributed by atoms with Crippen LogP contribution >= 0.6 is 0 Å². The monoisotopic (exact) mass is 255 g/mol. The quantitative estimate of drug-likeness (QED) is 0.897. The van der Waals surface area contributed by atoms with Crippen molar-refractivity contribution in [3.05, 3.63) is 54.1 Å². The highest BCUT2D eigenvalue weighted by Crippen LogP contribution is 2.37. The molecule has 19 heavy (non-hydrogen) atoms. The summed E-state index contributed by atoms with van der Waals surface area (Å²) in [5.74, 6) is 1.15. The number of carbonyl (C=O) groups excluding carboxylic acids is 1. The fourth-order valence-corrected chi connectivity index (χ4v) is 2.06. The zero-order chi connectivity index (χ0) is 13.2. The van der Waals surface area contributed by atoms with Gasteiger partial charge in [0.05, 0.1) is 12.8 Å². The van der Waals surface area contributed by atoms with Crippen molar-refractivity contribution in [2.75, 3.05) is 12.4 Å². The van der Waals surface area contributed by atoms with E-state index >= 15 is 0 Å². The normalized spacial score (nSPS) is 17.1. The fourth-order valence-electron chi connectivity index (χ4n) is 2.06. The number of rotatable bonds is 2. The van der Waals surface area contributed by atoms with Gasteiger partial charge in [-0.3, -0.25) is 4.79 Å². The van der Waals surface area contributed by atoms with Gasteiger partial charge >= 0.3 is 0 Å². The van der Waals surface area contributed by atoms with Crippen molar-refractivity contribution in [3.8, 4) is 11.5 Å². The molecule has 0 bridgehead atoms. The summed E-state index contributed by atoms with van der Waals surface area (Å²) in [5.41, 5.74) is 1.47. The van der Waals surface area contributed by atoms with Crippen LogP contribution in [-0.2, 0) is 4.79 Å². The van der Waals surface area contributed by atoms with Crippen LogP contribution in [0.15, 0.2) is 48.5 Å². The lowest BCUT2D eigenvalue weighted by Crippen LogP contribution is -2.30. The molecule has 0 aromatic heterocycles. The molecule has 0 saturated carbocycles. The number of nitrogens with one attached hydrogen (secondary N) is 1.